The molecule has 0 bridgehead atoms. The van der Waals surface area contributed by atoms with Gasteiger partial charge in [-0.3, -0.25) is 14.2 Å². The van der Waals surface area contributed by atoms with Gasteiger partial charge in [0.05, 0.1) is 5.56 Å². The topological polar surface area (TPSA) is 169 Å². The first-order valence-corrected chi connectivity index (χ1v) is 10.1. The largest absolute Gasteiger partial charge is 0.480 e. The number of carboxylic acid groups (broad SMARTS) is 3. The first-order chi connectivity index (χ1) is 14.2. The van der Waals surface area contributed by atoms with Crippen molar-refractivity contribution in [1.82, 2.24) is 0 Å². The van der Waals surface area contributed by atoms with Gasteiger partial charge in [0.25, 0.3) is 0 Å². The highest BCUT2D eigenvalue weighted by Crippen LogP contribution is 2.59. The molecule has 5 N–H and O–H groups in total. The minimum Gasteiger partial charge on any atom is -0.480 e. The summed E-state index contributed by atoms with van der Waals surface area (Å²) in [7, 11) is -5.80. The van der Waals surface area contributed by atoms with Crippen LogP contribution in [0.4, 0.5) is 8.78 Å². The van der Waals surface area contributed by atoms with Crippen molar-refractivity contribution in [3.05, 3.63) is 70.8 Å². The molecule has 0 saturated heterocycles. The zero-order valence-corrected chi connectivity index (χ0v) is 16.5. The number of rotatable bonds is 9. The number of aromatic carboxylic acids is 1. The van der Waals surface area contributed by atoms with Gasteiger partial charge in [-0.05, 0) is 36.1 Å². The number of halogens is 2. The molecule has 2 aromatic carbocycles. The molecular formula is C19H17F2O9P. The molecule has 0 aliphatic rings. The monoisotopic (exact) mass is 458 g/mol. The average Bonchev–Trinajstić information content (AvgIpc) is 2.67. The second-order valence-electron chi connectivity index (χ2n) is 6.83. The molecule has 0 spiro atoms. The second kappa shape index (κ2) is 8.54. The van der Waals surface area contributed by atoms with E-state index in [0.717, 1.165) is 12.1 Å². The van der Waals surface area contributed by atoms with E-state index in [1.807, 2.05) is 0 Å². The first kappa shape index (κ1) is 24.1. The summed E-state index contributed by atoms with van der Waals surface area (Å²) in [6, 6.07) is 8.22. The Balaban J connectivity index is 2.39. The van der Waals surface area contributed by atoms with Gasteiger partial charge in [-0.1, -0.05) is 36.4 Å². The standard InChI is InChI=1S/C19H17F2O9P/c20-19(21,31(28,29)30)14-7-3-12(4-8-14)10-18(16(24)25,17(26)27)9-11-1-5-13(6-2-11)15(22)23/h1-8H,9-10H2,(H,22,23)(H,24,25)(H,26,27)(H2,28,29,30). The van der Waals surface area contributed by atoms with Gasteiger partial charge in [-0.15, -0.1) is 0 Å². The normalized spacial score (nSPS) is 12.4. The quantitative estimate of drug-likeness (QED) is 0.280. The summed E-state index contributed by atoms with van der Waals surface area (Å²) in [6.45, 7) is 0. The molecule has 31 heavy (non-hydrogen) atoms. The van der Waals surface area contributed by atoms with Gasteiger partial charge in [0, 0.05) is 5.56 Å². The molecule has 0 unspecified atom stereocenters. The summed E-state index contributed by atoms with van der Waals surface area (Å²) in [5.74, 6) is -4.62. The SMILES string of the molecule is O=C(O)c1ccc(CC(Cc2ccc(C(F)(F)P(=O)(O)O)cc2)(C(=O)O)C(=O)O)cc1. The number of carbonyl (C=O) groups is 3. The summed E-state index contributed by atoms with van der Waals surface area (Å²) in [4.78, 5) is 52.3. The number of aliphatic carboxylic acids is 2. The van der Waals surface area contributed by atoms with E-state index >= 15 is 0 Å². The summed E-state index contributed by atoms with van der Waals surface area (Å²) in [6.07, 6.45) is -1.15. The summed E-state index contributed by atoms with van der Waals surface area (Å²) < 4.78 is 38.5. The molecule has 0 fully saturated rings. The van der Waals surface area contributed by atoms with Gasteiger partial charge in [0.1, 0.15) is 0 Å². The highest BCUT2D eigenvalue weighted by Gasteiger charge is 2.50. The lowest BCUT2D eigenvalue weighted by Gasteiger charge is -2.25. The maximum absolute atomic E-state index is 13.8. The van der Waals surface area contributed by atoms with E-state index in [0.29, 0.717) is 12.1 Å². The fraction of sp³-hybridized carbons (Fsp3) is 0.211. The fourth-order valence-corrected chi connectivity index (χ4v) is 3.40. The molecule has 0 aliphatic carbocycles. The van der Waals surface area contributed by atoms with Crippen molar-refractivity contribution in [2.75, 3.05) is 0 Å². The molecular weight excluding hydrogens is 441 g/mol. The van der Waals surface area contributed by atoms with E-state index in [9.17, 15) is 37.9 Å². The number of hydrogen-bond donors (Lipinski definition) is 5. The predicted octanol–water partition coefficient (Wildman–Crippen LogP) is 2.55. The van der Waals surface area contributed by atoms with Crippen LogP contribution in [0.5, 0.6) is 0 Å². The summed E-state index contributed by atoms with van der Waals surface area (Å²) >= 11 is 0. The third-order valence-corrected chi connectivity index (χ3v) is 5.69. The second-order valence-corrected chi connectivity index (χ2v) is 8.48. The van der Waals surface area contributed by atoms with Crippen LogP contribution < -0.4 is 0 Å². The van der Waals surface area contributed by atoms with Crippen LogP contribution in [0.15, 0.2) is 48.5 Å². The molecule has 0 heterocycles. The highest BCUT2D eigenvalue weighted by molar-refractivity contribution is 7.52. The molecule has 2 rings (SSSR count). The molecule has 9 nitrogen and oxygen atoms in total. The van der Waals surface area contributed by atoms with Crippen LogP contribution in [0, 0.1) is 5.41 Å². The number of hydrogen-bond acceptors (Lipinski definition) is 4. The zero-order chi connectivity index (χ0) is 23.6. The van der Waals surface area contributed by atoms with Gasteiger partial charge in [0.2, 0.25) is 0 Å². The van der Waals surface area contributed by atoms with Crippen molar-refractivity contribution < 1.29 is 52.8 Å². The highest BCUT2D eigenvalue weighted by atomic mass is 31.2. The van der Waals surface area contributed by atoms with Crippen molar-refractivity contribution in [3.8, 4) is 0 Å². The molecule has 0 saturated carbocycles. The molecule has 0 radical (unpaired) electrons. The molecule has 12 heteroatoms. The Labute approximate surface area is 173 Å². The van der Waals surface area contributed by atoms with Crippen molar-refractivity contribution in [2.45, 2.75) is 18.5 Å². The van der Waals surface area contributed by atoms with Gasteiger partial charge in [0.15, 0.2) is 5.41 Å². The van der Waals surface area contributed by atoms with Crippen LogP contribution in [0.25, 0.3) is 0 Å². The number of benzene rings is 2. The smallest absolute Gasteiger partial charge is 0.399 e. The van der Waals surface area contributed by atoms with Crippen molar-refractivity contribution >= 4 is 25.5 Å². The zero-order valence-electron chi connectivity index (χ0n) is 15.6. The van der Waals surface area contributed by atoms with E-state index in [1.165, 1.54) is 24.3 Å². The van der Waals surface area contributed by atoms with Crippen LogP contribution in [0.3, 0.4) is 0 Å². The van der Waals surface area contributed by atoms with Crippen molar-refractivity contribution in [3.63, 3.8) is 0 Å². The van der Waals surface area contributed by atoms with Crippen molar-refractivity contribution in [2.24, 2.45) is 5.41 Å². The van der Waals surface area contributed by atoms with Crippen LogP contribution in [0.1, 0.15) is 27.0 Å². The van der Waals surface area contributed by atoms with E-state index in [2.05, 4.69) is 0 Å². The van der Waals surface area contributed by atoms with E-state index in [4.69, 9.17) is 14.9 Å². The van der Waals surface area contributed by atoms with Crippen LogP contribution in [0.2, 0.25) is 0 Å². The maximum Gasteiger partial charge on any atom is 0.399 e. The molecule has 0 amide bonds. The third-order valence-electron chi connectivity index (χ3n) is 4.70. The molecule has 0 atom stereocenters. The number of carboxylic acids is 3. The van der Waals surface area contributed by atoms with Crippen LogP contribution in [-0.4, -0.2) is 43.0 Å². The van der Waals surface area contributed by atoms with E-state index < -0.39 is 55.0 Å². The third kappa shape index (κ3) is 4.96. The van der Waals surface area contributed by atoms with Gasteiger partial charge in [-0.25, -0.2) is 4.79 Å². The first-order valence-electron chi connectivity index (χ1n) is 8.52. The Kier molecular flexibility index (Phi) is 6.65. The lowest BCUT2D eigenvalue weighted by molar-refractivity contribution is -0.164. The molecule has 0 aliphatic heterocycles. The lowest BCUT2D eigenvalue weighted by atomic mass is 9.76. The summed E-state index contributed by atoms with van der Waals surface area (Å²) in [5.41, 5.74) is -7.71. The predicted molar refractivity (Wildman–Crippen MR) is 101 cm³/mol. The van der Waals surface area contributed by atoms with Gasteiger partial charge in [-0.2, -0.15) is 8.78 Å². The minimum atomic E-state index is -5.80. The minimum absolute atomic E-state index is 0.0252. The Morgan fingerprint density at radius 2 is 1.16 bits per heavy atom. The van der Waals surface area contributed by atoms with E-state index in [-0.39, 0.29) is 16.7 Å². The fourth-order valence-electron chi connectivity index (χ4n) is 2.91. The molecule has 0 aromatic heterocycles. The van der Waals surface area contributed by atoms with E-state index in [1.54, 1.807) is 0 Å². The Hall–Kier alpha value is -3.14. The van der Waals surface area contributed by atoms with Crippen molar-refractivity contribution in [1.29, 1.82) is 0 Å². The molecule has 166 valence electrons. The lowest BCUT2D eigenvalue weighted by Crippen LogP contribution is -2.43. The van der Waals surface area contributed by atoms with Gasteiger partial charge >= 0.3 is 31.2 Å². The molecule has 2 aromatic rings. The summed E-state index contributed by atoms with van der Waals surface area (Å²) in [5, 5.41) is 28.2. The average molecular weight is 458 g/mol. The Morgan fingerprint density at radius 1 is 0.774 bits per heavy atom. The van der Waals surface area contributed by atoms with Crippen LogP contribution in [-0.2, 0) is 32.7 Å². The Morgan fingerprint density at radius 3 is 1.48 bits per heavy atom. The Bertz CT molecular complexity index is 1030. The van der Waals surface area contributed by atoms with Gasteiger partial charge < -0.3 is 25.1 Å². The maximum atomic E-state index is 13.8. The number of alkyl halides is 2. The van der Waals surface area contributed by atoms with Crippen LogP contribution >= 0.6 is 7.60 Å².